The molecule has 1 nitrogen and oxygen atoms in total. The van der Waals surface area contributed by atoms with Crippen LogP contribution in [0.1, 0.15) is 6.92 Å². The lowest BCUT2D eigenvalue weighted by Crippen LogP contribution is -2.39. The van der Waals surface area contributed by atoms with E-state index >= 15 is 0 Å². The minimum absolute atomic E-state index is 0.431. The smallest absolute Gasteiger partial charge is 0.129 e. The zero-order valence-electron chi connectivity index (χ0n) is 5.47. The Morgan fingerprint density at radius 3 is 1.43 bits per heavy atom. The molecule has 0 aliphatic rings. The number of quaternary nitrogens is 1. The van der Waals surface area contributed by atoms with Gasteiger partial charge in [-0.2, -0.15) is 0 Å². The standard InChI is InChI=1S/C5H13NS/c1-5(7)6(2,3)4/h5H,1-4H3/p+1. The van der Waals surface area contributed by atoms with Gasteiger partial charge in [-0.15, -0.1) is 12.6 Å². The Morgan fingerprint density at radius 2 is 1.43 bits per heavy atom. The molecule has 0 rings (SSSR count). The third kappa shape index (κ3) is 2.94. The molecule has 0 aliphatic carbocycles. The van der Waals surface area contributed by atoms with Gasteiger partial charge in [0.25, 0.3) is 0 Å². The molecular weight excluding hydrogens is 106 g/mol. The highest BCUT2D eigenvalue weighted by molar-refractivity contribution is 7.80. The van der Waals surface area contributed by atoms with E-state index in [1.54, 1.807) is 0 Å². The van der Waals surface area contributed by atoms with E-state index in [2.05, 4.69) is 40.7 Å². The normalized spacial score (nSPS) is 16.7. The molecule has 0 saturated carbocycles. The zero-order valence-corrected chi connectivity index (χ0v) is 6.37. The van der Waals surface area contributed by atoms with E-state index in [0.29, 0.717) is 5.37 Å². The maximum absolute atomic E-state index is 4.25. The lowest BCUT2D eigenvalue weighted by atomic mass is 10.6. The lowest BCUT2D eigenvalue weighted by Gasteiger charge is -2.27. The Labute approximate surface area is 51.3 Å². The Balaban J connectivity index is 3.54. The topological polar surface area (TPSA) is 0 Å². The summed E-state index contributed by atoms with van der Waals surface area (Å²) < 4.78 is 0.920. The lowest BCUT2D eigenvalue weighted by molar-refractivity contribution is -0.878. The van der Waals surface area contributed by atoms with Crippen molar-refractivity contribution in [2.24, 2.45) is 0 Å². The van der Waals surface area contributed by atoms with Gasteiger partial charge >= 0.3 is 0 Å². The van der Waals surface area contributed by atoms with Crippen molar-refractivity contribution in [3.8, 4) is 0 Å². The van der Waals surface area contributed by atoms with Gasteiger partial charge in [0.15, 0.2) is 0 Å². The second kappa shape index (κ2) is 2.05. The first kappa shape index (κ1) is 7.31. The molecule has 0 radical (unpaired) electrons. The molecule has 2 heteroatoms. The SMILES string of the molecule is CC(S)[N+](C)(C)C. The molecule has 7 heavy (non-hydrogen) atoms. The van der Waals surface area contributed by atoms with Gasteiger partial charge in [0, 0.05) is 0 Å². The van der Waals surface area contributed by atoms with E-state index in [9.17, 15) is 0 Å². The third-order valence-electron chi connectivity index (χ3n) is 1.12. The average Bonchev–Trinajstić information content (AvgIpc) is 1.31. The van der Waals surface area contributed by atoms with E-state index in [1.807, 2.05) is 0 Å². The summed E-state index contributed by atoms with van der Waals surface area (Å²) in [6.45, 7) is 2.09. The van der Waals surface area contributed by atoms with Crippen molar-refractivity contribution in [3.63, 3.8) is 0 Å². The highest BCUT2D eigenvalue weighted by Gasteiger charge is 2.11. The van der Waals surface area contributed by atoms with Crippen LogP contribution >= 0.6 is 12.6 Å². The van der Waals surface area contributed by atoms with E-state index in [-0.39, 0.29) is 0 Å². The van der Waals surface area contributed by atoms with Crippen LogP contribution in [0.3, 0.4) is 0 Å². The van der Waals surface area contributed by atoms with Crippen LogP contribution in [0, 0.1) is 0 Å². The summed E-state index contributed by atoms with van der Waals surface area (Å²) >= 11 is 4.25. The van der Waals surface area contributed by atoms with Crippen molar-refractivity contribution in [3.05, 3.63) is 0 Å². The Morgan fingerprint density at radius 1 is 1.29 bits per heavy atom. The van der Waals surface area contributed by atoms with Gasteiger partial charge in [0.05, 0.1) is 21.1 Å². The molecule has 0 N–H and O–H groups in total. The molecule has 0 fully saturated rings. The largest absolute Gasteiger partial charge is 0.320 e. The fourth-order valence-electron chi connectivity index (χ4n) is 0. The monoisotopic (exact) mass is 120 g/mol. The van der Waals surface area contributed by atoms with Crippen molar-refractivity contribution in [1.82, 2.24) is 0 Å². The molecule has 0 saturated heterocycles. The summed E-state index contributed by atoms with van der Waals surface area (Å²) in [5.74, 6) is 0. The Kier molecular flexibility index (Phi) is 2.14. The number of thiol groups is 1. The number of rotatable bonds is 1. The van der Waals surface area contributed by atoms with Crippen LogP contribution in [-0.2, 0) is 0 Å². The van der Waals surface area contributed by atoms with E-state index in [1.165, 1.54) is 0 Å². The maximum Gasteiger partial charge on any atom is 0.129 e. The molecule has 1 unspecified atom stereocenters. The van der Waals surface area contributed by atoms with Crippen molar-refractivity contribution in [1.29, 1.82) is 0 Å². The molecule has 0 bridgehead atoms. The van der Waals surface area contributed by atoms with Crippen LogP contribution in [0.4, 0.5) is 0 Å². The fraction of sp³-hybridized carbons (Fsp3) is 1.00. The van der Waals surface area contributed by atoms with Crippen LogP contribution in [-0.4, -0.2) is 31.0 Å². The quantitative estimate of drug-likeness (QED) is 0.297. The number of hydrogen-bond donors (Lipinski definition) is 1. The molecule has 1 atom stereocenters. The van der Waals surface area contributed by atoms with E-state index < -0.39 is 0 Å². The van der Waals surface area contributed by atoms with Gasteiger partial charge in [-0.3, -0.25) is 0 Å². The number of hydrogen-bond acceptors (Lipinski definition) is 1. The predicted octanol–water partition coefficient (Wildman–Crippen LogP) is 0.968. The fourth-order valence-corrected chi connectivity index (χ4v) is 0. The Bertz CT molecular complexity index is 53.6. The summed E-state index contributed by atoms with van der Waals surface area (Å²) in [5.41, 5.74) is 0. The van der Waals surface area contributed by atoms with Gasteiger partial charge in [0.2, 0.25) is 0 Å². The van der Waals surface area contributed by atoms with Crippen LogP contribution in [0.25, 0.3) is 0 Å². The summed E-state index contributed by atoms with van der Waals surface area (Å²) in [6.07, 6.45) is 0. The summed E-state index contributed by atoms with van der Waals surface area (Å²) in [6, 6.07) is 0. The van der Waals surface area contributed by atoms with Crippen molar-refractivity contribution in [2.75, 3.05) is 21.1 Å². The predicted molar refractivity (Wildman–Crippen MR) is 36.5 cm³/mol. The van der Waals surface area contributed by atoms with Gasteiger partial charge < -0.3 is 4.48 Å². The highest BCUT2D eigenvalue weighted by atomic mass is 32.1. The van der Waals surface area contributed by atoms with E-state index in [4.69, 9.17) is 0 Å². The molecule has 0 aliphatic heterocycles. The van der Waals surface area contributed by atoms with Crippen LogP contribution in [0.15, 0.2) is 0 Å². The molecule has 0 heterocycles. The van der Waals surface area contributed by atoms with Crippen molar-refractivity contribution < 1.29 is 4.48 Å². The van der Waals surface area contributed by atoms with Crippen LogP contribution < -0.4 is 0 Å². The third-order valence-corrected chi connectivity index (χ3v) is 1.81. The summed E-state index contributed by atoms with van der Waals surface area (Å²) in [4.78, 5) is 0. The first-order valence-electron chi connectivity index (χ1n) is 2.44. The molecule has 44 valence electrons. The van der Waals surface area contributed by atoms with E-state index in [0.717, 1.165) is 4.48 Å². The molecule has 0 aromatic heterocycles. The van der Waals surface area contributed by atoms with Gasteiger partial charge in [-0.1, -0.05) is 0 Å². The summed E-state index contributed by atoms with van der Waals surface area (Å²) in [7, 11) is 6.37. The van der Waals surface area contributed by atoms with Gasteiger partial charge in [0.1, 0.15) is 5.37 Å². The van der Waals surface area contributed by atoms with Gasteiger partial charge in [-0.25, -0.2) is 0 Å². The minimum Gasteiger partial charge on any atom is -0.320 e. The Hall–Kier alpha value is 0.310. The molecule has 0 amide bonds. The summed E-state index contributed by atoms with van der Waals surface area (Å²) in [5, 5.41) is 0.431. The molecular formula is C5H14NS+. The average molecular weight is 120 g/mol. The minimum atomic E-state index is 0.431. The highest BCUT2D eigenvalue weighted by Crippen LogP contribution is 2.03. The van der Waals surface area contributed by atoms with Crippen LogP contribution in [0.2, 0.25) is 0 Å². The first-order valence-corrected chi connectivity index (χ1v) is 2.95. The number of nitrogens with zero attached hydrogens (tertiary/aromatic N) is 1. The van der Waals surface area contributed by atoms with Crippen molar-refractivity contribution >= 4 is 12.6 Å². The maximum atomic E-state index is 4.25. The molecule has 0 spiro atoms. The zero-order chi connectivity index (χ0) is 6.08. The second-order valence-corrected chi connectivity index (χ2v) is 3.50. The molecule has 0 aromatic rings. The molecule has 0 aromatic carbocycles. The van der Waals surface area contributed by atoms with Gasteiger partial charge in [-0.05, 0) is 6.92 Å². The second-order valence-electron chi connectivity index (χ2n) is 2.75. The first-order chi connectivity index (χ1) is 2.94. The van der Waals surface area contributed by atoms with Crippen LogP contribution in [0.5, 0.6) is 0 Å². The van der Waals surface area contributed by atoms with Crippen molar-refractivity contribution in [2.45, 2.75) is 12.3 Å².